The minimum Gasteiger partial charge on any atom is -0.481 e. The van der Waals surface area contributed by atoms with Crippen LogP contribution in [0.3, 0.4) is 0 Å². The largest absolute Gasteiger partial charge is 0.481 e. The molecule has 0 radical (unpaired) electrons. The normalized spacial score (nSPS) is 20.8. The lowest BCUT2D eigenvalue weighted by Gasteiger charge is -2.36. The van der Waals surface area contributed by atoms with Gasteiger partial charge in [-0.15, -0.1) is 0 Å². The molecule has 0 aliphatic carbocycles. The molecule has 1 aromatic rings. The molecule has 0 saturated carbocycles. The number of nitrogens with zero attached hydrogens (tertiary/aromatic N) is 2. The van der Waals surface area contributed by atoms with E-state index in [0.717, 1.165) is 0 Å². The van der Waals surface area contributed by atoms with Gasteiger partial charge in [0.15, 0.2) is 0 Å². The first kappa shape index (κ1) is 16.7. The van der Waals surface area contributed by atoms with Crippen molar-refractivity contribution in [3.8, 4) is 0 Å². The minimum atomic E-state index is -0.902. The number of anilines is 1. The van der Waals surface area contributed by atoms with E-state index in [1.54, 1.807) is 12.1 Å². The number of para-hydroxylation sites is 2. The summed E-state index contributed by atoms with van der Waals surface area (Å²) >= 11 is 0. The summed E-state index contributed by atoms with van der Waals surface area (Å²) in [6.07, 6.45) is 1.19. The number of hydrogen-bond donors (Lipinski definition) is 2. The van der Waals surface area contributed by atoms with Crippen molar-refractivity contribution in [3.63, 3.8) is 0 Å². The SMILES string of the molecule is CC1CCC(C(=O)O)CN1C(=O)CNc1ccccc1[N+](=O)[O-]. The monoisotopic (exact) mass is 321 g/mol. The van der Waals surface area contributed by atoms with Crippen LogP contribution < -0.4 is 5.32 Å². The summed E-state index contributed by atoms with van der Waals surface area (Å²) in [6, 6.07) is 6.05. The van der Waals surface area contributed by atoms with Crippen LogP contribution in [0.1, 0.15) is 19.8 Å². The van der Waals surface area contributed by atoms with E-state index in [-0.39, 0.29) is 36.4 Å². The van der Waals surface area contributed by atoms with Crippen molar-refractivity contribution < 1.29 is 19.6 Å². The molecule has 2 unspecified atom stereocenters. The lowest BCUT2D eigenvalue weighted by molar-refractivity contribution is -0.383. The Morgan fingerprint density at radius 2 is 2.09 bits per heavy atom. The maximum absolute atomic E-state index is 12.3. The van der Waals surface area contributed by atoms with Crippen LogP contribution in [0, 0.1) is 16.0 Å². The van der Waals surface area contributed by atoms with E-state index in [2.05, 4.69) is 5.32 Å². The predicted octanol–water partition coefficient (Wildman–Crippen LogP) is 1.72. The number of amides is 1. The van der Waals surface area contributed by atoms with Crippen molar-refractivity contribution in [2.24, 2.45) is 5.92 Å². The van der Waals surface area contributed by atoms with Gasteiger partial charge in [-0.05, 0) is 25.8 Å². The number of piperidine rings is 1. The molecule has 1 saturated heterocycles. The zero-order valence-corrected chi connectivity index (χ0v) is 12.8. The highest BCUT2D eigenvalue weighted by molar-refractivity contribution is 5.83. The third-order valence-electron chi connectivity index (χ3n) is 4.08. The molecule has 0 bridgehead atoms. The Balaban J connectivity index is 2.01. The second-order valence-corrected chi connectivity index (χ2v) is 5.64. The molecule has 1 amide bonds. The Bertz CT molecular complexity index is 619. The molecule has 0 spiro atoms. The average Bonchev–Trinajstić information content (AvgIpc) is 2.53. The third kappa shape index (κ3) is 3.97. The molecule has 124 valence electrons. The molecule has 1 aliphatic rings. The molecule has 8 nitrogen and oxygen atoms in total. The number of benzene rings is 1. The van der Waals surface area contributed by atoms with Gasteiger partial charge in [0.2, 0.25) is 5.91 Å². The first-order chi connectivity index (χ1) is 10.9. The number of carbonyl (C=O) groups excluding carboxylic acids is 1. The molecule has 2 atom stereocenters. The first-order valence-corrected chi connectivity index (χ1v) is 7.39. The summed E-state index contributed by atoms with van der Waals surface area (Å²) < 4.78 is 0. The zero-order chi connectivity index (χ0) is 17.0. The van der Waals surface area contributed by atoms with Gasteiger partial charge in [0, 0.05) is 18.7 Å². The van der Waals surface area contributed by atoms with Crippen LogP contribution in [0.4, 0.5) is 11.4 Å². The van der Waals surface area contributed by atoms with Gasteiger partial charge in [-0.3, -0.25) is 19.7 Å². The van der Waals surface area contributed by atoms with Crippen LogP contribution in [0.2, 0.25) is 0 Å². The summed E-state index contributed by atoms with van der Waals surface area (Å²) in [4.78, 5) is 35.4. The van der Waals surface area contributed by atoms with Gasteiger partial charge >= 0.3 is 5.97 Å². The van der Waals surface area contributed by atoms with Crippen LogP contribution in [-0.2, 0) is 9.59 Å². The van der Waals surface area contributed by atoms with E-state index in [4.69, 9.17) is 5.11 Å². The Kier molecular flexibility index (Phi) is 5.15. The maximum Gasteiger partial charge on any atom is 0.308 e. The number of nitro benzene ring substituents is 1. The molecule has 8 heteroatoms. The smallest absolute Gasteiger partial charge is 0.308 e. The topological polar surface area (TPSA) is 113 Å². The van der Waals surface area contributed by atoms with Crippen molar-refractivity contribution in [2.45, 2.75) is 25.8 Å². The van der Waals surface area contributed by atoms with Gasteiger partial charge in [-0.25, -0.2) is 0 Å². The fourth-order valence-corrected chi connectivity index (χ4v) is 2.71. The van der Waals surface area contributed by atoms with Crippen molar-refractivity contribution >= 4 is 23.3 Å². The predicted molar refractivity (Wildman–Crippen MR) is 83.1 cm³/mol. The Morgan fingerprint density at radius 1 is 1.39 bits per heavy atom. The van der Waals surface area contributed by atoms with E-state index in [0.29, 0.717) is 12.8 Å². The van der Waals surface area contributed by atoms with Gasteiger partial charge in [-0.1, -0.05) is 12.1 Å². The van der Waals surface area contributed by atoms with Crippen molar-refractivity contribution in [1.29, 1.82) is 0 Å². The van der Waals surface area contributed by atoms with E-state index in [1.165, 1.54) is 17.0 Å². The molecular formula is C15H19N3O5. The molecule has 1 heterocycles. The number of hydrogen-bond acceptors (Lipinski definition) is 5. The van der Waals surface area contributed by atoms with Gasteiger partial charge in [0.25, 0.3) is 5.69 Å². The van der Waals surface area contributed by atoms with E-state index in [1.807, 2.05) is 6.92 Å². The Hall–Kier alpha value is -2.64. The summed E-state index contributed by atoms with van der Waals surface area (Å²) in [5, 5.41) is 22.8. The minimum absolute atomic E-state index is 0.0364. The highest BCUT2D eigenvalue weighted by Gasteiger charge is 2.32. The molecule has 1 fully saturated rings. The number of rotatable bonds is 5. The molecular weight excluding hydrogens is 302 g/mol. The number of carboxylic acid groups (broad SMARTS) is 1. The zero-order valence-electron chi connectivity index (χ0n) is 12.8. The second kappa shape index (κ2) is 7.08. The lowest BCUT2D eigenvalue weighted by atomic mass is 9.93. The first-order valence-electron chi connectivity index (χ1n) is 7.39. The number of carboxylic acids is 1. The fraction of sp³-hybridized carbons (Fsp3) is 0.467. The summed E-state index contributed by atoms with van der Waals surface area (Å²) in [5.74, 6) is -1.72. The standard InChI is InChI=1S/C15H19N3O5/c1-10-6-7-11(15(20)21)9-17(10)14(19)8-16-12-4-2-3-5-13(12)18(22)23/h2-5,10-11,16H,6-9H2,1H3,(H,20,21). The van der Waals surface area contributed by atoms with E-state index >= 15 is 0 Å². The number of nitrogens with one attached hydrogen (secondary N) is 1. The van der Waals surface area contributed by atoms with Gasteiger partial charge in [0.05, 0.1) is 17.4 Å². The number of nitro groups is 1. The van der Waals surface area contributed by atoms with Crippen LogP contribution >= 0.6 is 0 Å². The van der Waals surface area contributed by atoms with E-state index < -0.39 is 16.8 Å². The Morgan fingerprint density at radius 3 is 2.74 bits per heavy atom. The van der Waals surface area contributed by atoms with Crippen LogP contribution in [0.25, 0.3) is 0 Å². The third-order valence-corrected chi connectivity index (χ3v) is 4.08. The molecule has 1 aromatic carbocycles. The molecule has 23 heavy (non-hydrogen) atoms. The highest BCUT2D eigenvalue weighted by atomic mass is 16.6. The Labute approximate surface area is 133 Å². The highest BCUT2D eigenvalue weighted by Crippen LogP contribution is 2.24. The quantitative estimate of drug-likeness (QED) is 0.630. The van der Waals surface area contributed by atoms with Gasteiger partial charge < -0.3 is 15.3 Å². The maximum atomic E-state index is 12.3. The molecule has 2 rings (SSSR count). The van der Waals surface area contributed by atoms with Crippen molar-refractivity contribution in [3.05, 3.63) is 34.4 Å². The van der Waals surface area contributed by atoms with Crippen molar-refractivity contribution in [2.75, 3.05) is 18.4 Å². The van der Waals surface area contributed by atoms with Crippen LogP contribution in [0.15, 0.2) is 24.3 Å². The summed E-state index contributed by atoms with van der Waals surface area (Å²) in [5.41, 5.74) is 0.167. The lowest BCUT2D eigenvalue weighted by Crippen LogP contribution is -2.49. The van der Waals surface area contributed by atoms with E-state index in [9.17, 15) is 19.7 Å². The molecule has 2 N–H and O–H groups in total. The fourth-order valence-electron chi connectivity index (χ4n) is 2.71. The second-order valence-electron chi connectivity index (χ2n) is 5.64. The average molecular weight is 321 g/mol. The van der Waals surface area contributed by atoms with Gasteiger partial charge in [0.1, 0.15) is 5.69 Å². The molecule has 1 aliphatic heterocycles. The van der Waals surface area contributed by atoms with Crippen molar-refractivity contribution in [1.82, 2.24) is 4.90 Å². The number of likely N-dealkylation sites (tertiary alicyclic amines) is 1. The van der Waals surface area contributed by atoms with Crippen LogP contribution in [-0.4, -0.2) is 45.9 Å². The number of carbonyl (C=O) groups is 2. The molecule has 0 aromatic heterocycles. The summed E-state index contributed by atoms with van der Waals surface area (Å²) in [6.45, 7) is 1.94. The number of aliphatic carboxylic acids is 1. The van der Waals surface area contributed by atoms with Crippen LogP contribution in [0.5, 0.6) is 0 Å². The summed E-state index contributed by atoms with van der Waals surface area (Å²) in [7, 11) is 0. The van der Waals surface area contributed by atoms with Gasteiger partial charge in [-0.2, -0.15) is 0 Å².